The Hall–Kier alpha value is -2.95. The van der Waals surface area contributed by atoms with Crippen LogP contribution in [-0.4, -0.2) is 31.7 Å². The number of benzene rings is 2. The van der Waals surface area contributed by atoms with E-state index in [9.17, 15) is 8.42 Å². The number of aromatic nitrogens is 2. The molecule has 1 aliphatic rings. The molecule has 4 rings (SSSR count). The summed E-state index contributed by atoms with van der Waals surface area (Å²) in [5.74, 6) is 1.59. The minimum absolute atomic E-state index is 0.0562. The summed E-state index contributed by atoms with van der Waals surface area (Å²) < 4.78 is 36.7. The van der Waals surface area contributed by atoms with Crippen LogP contribution in [0.4, 0.5) is 5.69 Å². The number of fused-ring (bicyclic) bond motifs is 1. The monoisotopic (exact) mass is 443 g/mol. The number of nitrogens with zero attached hydrogens (tertiary/aromatic N) is 2. The van der Waals surface area contributed by atoms with Crippen LogP contribution in [0.5, 0.6) is 5.75 Å². The van der Waals surface area contributed by atoms with Crippen molar-refractivity contribution in [1.82, 2.24) is 14.9 Å². The van der Waals surface area contributed by atoms with Gasteiger partial charge in [0.2, 0.25) is 5.82 Å². The Morgan fingerprint density at radius 1 is 1.26 bits per heavy atom. The van der Waals surface area contributed by atoms with Crippen LogP contribution < -0.4 is 19.9 Å². The summed E-state index contributed by atoms with van der Waals surface area (Å²) in [4.78, 5) is 4.58. The highest BCUT2D eigenvalue weighted by atomic mass is 32.2. The fourth-order valence-corrected chi connectivity index (χ4v) is 4.49. The molecular formula is C21H25N5O4S. The van der Waals surface area contributed by atoms with Gasteiger partial charge in [0.1, 0.15) is 5.75 Å². The first kappa shape index (κ1) is 21.3. The van der Waals surface area contributed by atoms with E-state index in [1.54, 1.807) is 0 Å². The van der Waals surface area contributed by atoms with Crippen molar-refractivity contribution in [3.8, 4) is 28.6 Å². The van der Waals surface area contributed by atoms with Crippen LogP contribution in [0.25, 0.3) is 22.8 Å². The maximum atomic E-state index is 11.5. The summed E-state index contributed by atoms with van der Waals surface area (Å²) in [6, 6.07) is 10.9. The number of nitrogens with one attached hydrogen (secondary N) is 2. The van der Waals surface area contributed by atoms with Gasteiger partial charge in [-0.2, -0.15) is 18.1 Å². The van der Waals surface area contributed by atoms with Gasteiger partial charge in [-0.05, 0) is 56.0 Å². The van der Waals surface area contributed by atoms with Crippen LogP contribution in [0, 0.1) is 0 Å². The molecule has 1 heterocycles. The molecule has 0 fully saturated rings. The highest BCUT2D eigenvalue weighted by Gasteiger charge is 2.28. The predicted molar refractivity (Wildman–Crippen MR) is 118 cm³/mol. The van der Waals surface area contributed by atoms with Crippen LogP contribution in [-0.2, 0) is 16.6 Å². The predicted octanol–water partition coefficient (Wildman–Crippen LogP) is 3.01. The van der Waals surface area contributed by atoms with E-state index in [-0.39, 0.29) is 12.1 Å². The topological polar surface area (TPSA) is 132 Å². The van der Waals surface area contributed by atoms with Gasteiger partial charge in [-0.1, -0.05) is 23.4 Å². The van der Waals surface area contributed by atoms with Crippen LogP contribution in [0.15, 0.2) is 40.9 Å². The fraction of sp³-hybridized carbons (Fsp3) is 0.333. The van der Waals surface area contributed by atoms with E-state index in [0.29, 0.717) is 24.6 Å². The van der Waals surface area contributed by atoms with Gasteiger partial charge in [0.15, 0.2) is 0 Å². The highest BCUT2D eigenvalue weighted by Crippen LogP contribution is 2.38. The van der Waals surface area contributed by atoms with Gasteiger partial charge < -0.3 is 14.6 Å². The average Bonchev–Trinajstić information content (AvgIpc) is 3.34. The van der Waals surface area contributed by atoms with E-state index >= 15 is 0 Å². The largest absolute Gasteiger partial charge is 0.489 e. The third-order valence-electron chi connectivity index (χ3n) is 5.10. The van der Waals surface area contributed by atoms with Crippen molar-refractivity contribution in [1.29, 1.82) is 0 Å². The van der Waals surface area contributed by atoms with Gasteiger partial charge in [0.05, 0.1) is 11.8 Å². The standard InChI is InChI=1S/C21H25N5O4S/c1-12(2)29-19-10-7-13(11-18(19)23-3)21-24-20(25-30-21)16-6-4-5-15-14(16)8-9-17(15)26-31(22,27)28/h4-7,10-12,17,23,26H,8-9H2,1-3H3,(H2,22,27,28). The summed E-state index contributed by atoms with van der Waals surface area (Å²) in [6.07, 6.45) is 1.37. The lowest BCUT2D eigenvalue weighted by molar-refractivity contribution is 0.243. The van der Waals surface area contributed by atoms with Gasteiger partial charge >= 0.3 is 0 Å². The number of ether oxygens (including phenoxy) is 1. The molecule has 0 radical (unpaired) electrons. The zero-order valence-corrected chi connectivity index (χ0v) is 18.4. The first-order chi connectivity index (χ1) is 14.7. The Balaban J connectivity index is 1.65. The minimum atomic E-state index is -3.79. The Bertz CT molecular complexity index is 1210. The van der Waals surface area contributed by atoms with E-state index < -0.39 is 10.2 Å². The third kappa shape index (κ3) is 4.55. The fourth-order valence-electron chi connectivity index (χ4n) is 3.85. The molecule has 31 heavy (non-hydrogen) atoms. The van der Waals surface area contributed by atoms with Gasteiger partial charge in [-0.3, -0.25) is 0 Å². The molecule has 9 nitrogen and oxygen atoms in total. The van der Waals surface area contributed by atoms with E-state index in [1.165, 1.54) is 0 Å². The lowest BCUT2D eigenvalue weighted by Crippen LogP contribution is -2.33. The summed E-state index contributed by atoms with van der Waals surface area (Å²) in [5, 5.41) is 12.4. The van der Waals surface area contributed by atoms with Gasteiger partial charge in [0, 0.05) is 24.2 Å². The van der Waals surface area contributed by atoms with Crippen molar-refractivity contribution < 1.29 is 17.7 Å². The summed E-state index contributed by atoms with van der Waals surface area (Å²) in [7, 11) is -1.97. The third-order valence-corrected chi connectivity index (χ3v) is 5.72. The Kier molecular flexibility index (Phi) is 5.69. The molecule has 0 saturated heterocycles. The van der Waals surface area contributed by atoms with Gasteiger partial charge in [-0.15, -0.1) is 0 Å². The highest BCUT2D eigenvalue weighted by molar-refractivity contribution is 7.87. The van der Waals surface area contributed by atoms with Crippen LogP contribution in [0.2, 0.25) is 0 Å². The van der Waals surface area contributed by atoms with E-state index in [2.05, 4.69) is 20.2 Å². The van der Waals surface area contributed by atoms with Crippen molar-refractivity contribution in [2.24, 2.45) is 5.14 Å². The Morgan fingerprint density at radius 3 is 2.77 bits per heavy atom. The first-order valence-electron chi connectivity index (χ1n) is 10.00. The van der Waals surface area contributed by atoms with Gasteiger partial charge in [0.25, 0.3) is 16.1 Å². The molecular weight excluding hydrogens is 418 g/mol. The molecule has 1 atom stereocenters. The molecule has 0 saturated carbocycles. The summed E-state index contributed by atoms with van der Waals surface area (Å²) in [5.41, 5.74) is 4.28. The minimum Gasteiger partial charge on any atom is -0.489 e. The van der Waals surface area contributed by atoms with Crippen LogP contribution in [0.3, 0.4) is 0 Å². The summed E-state index contributed by atoms with van der Waals surface area (Å²) >= 11 is 0. The molecule has 1 aromatic heterocycles. The number of hydrogen-bond donors (Lipinski definition) is 3. The van der Waals surface area contributed by atoms with Crippen molar-refractivity contribution in [2.45, 2.75) is 38.8 Å². The molecule has 0 aliphatic heterocycles. The van der Waals surface area contributed by atoms with Crippen LogP contribution >= 0.6 is 0 Å². The summed E-state index contributed by atoms with van der Waals surface area (Å²) in [6.45, 7) is 3.94. The Morgan fingerprint density at radius 2 is 2.06 bits per heavy atom. The number of rotatable bonds is 7. The maximum Gasteiger partial charge on any atom is 0.274 e. The maximum absolute atomic E-state index is 11.5. The van der Waals surface area contributed by atoms with Crippen molar-refractivity contribution in [3.63, 3.8) is 0 Å². The molecule has 1 aliphatic carbocycles. The molecule has 164 valence electrons. The molecule has 0 bridgehead atoms. The Labute approximate surface area is 181 Å². The van der Waals surface area contributed by atoms with Crippen molar-refractivity contribution in [2.75, 3.05) is 12.4 Å². The molecule has 2 aromatic carbocycles. The van der Waals surface area contributed by atoms with Crippen molar-refractivity contribution >= 4 is 15.9 Å². The van der Waals surface area contributed by atoms with E-state index in [4.69, 9.17) is 14.4 Å². The normalized spacial score (nSPS) is 15.8. The van der Waals surface area contributed by atoms with Gasteiger partial charge in [-0.25, -0.2) is 5.14 Å². The molecule has 4 N–H and O–H groups in total. The zero-order valence-electron chi connectivity index (χ0n) is 17.5. The molecule has 0 spiro atoms. The SMILES string of the molecule is CNc1cc(-c2nc(-c3cccc4c3CCC4NS(N)(=O)=O)no2)ccc1OC(C)C. The van der Waals surface area contributed by atoms with Crippen molar-refractivity contribution in [3.05, 3.63) is 47.5 Å². The zero-order chi connectivity index (χ0) is 22.2. The van der Waals surface area contributed by atoms with Crippen LogP contribution in [0.1, 0.15) is 37.4 Å². The van der Waals surface area contributed by atoms with E-state index in [0.717, 1.165) is 33.7 Å². The molecule has 10 heteroatoms. The van der Waals surface area contributed by atoms with E-state index in [1.807, 2.05) is 57.3 Å². The lowest BCUT2D eigenvalue weighted by atomic mass is 10.0. The quantitative estimate of drug-likeness (QED) is 0.511. The average molecular weight is 444 g/mol. The number of hydrogen-bond acceptors (Lipinski definition) is 7. The second-order valence-corrected chi connectivity index (χ2v) is 9.00. The number of anilines is 1. The molecule has 0 amide bonds. The second kappa shape index (κ2) is 8.29. The second-order valence-electron chi connectivity index (χ2n) is 7.68. The first-order valence-corrected chi connectivity index (χ1v) is 11.5. The molecule has 1 unspecified atom stereocenters. The molecule has 3 aromatic rings. The lowest BCUT2D eigenvalue weighted by Gasteiger charge is -2.14. The number of nitrogens with two attached hydrogens (primary N) is 1. The smallest absolute Gasteiger partial charge is 0.274 e.